The van der Waals surface area contributed by atoms with Gasteiger partial charge in [-0.1, -0.05) is 50.4 Å². The minimum absolute atomic E-state index is 0.838. The first kappa shape index (κ1) is 17.1. The lowest BCUT2D eigenvalue weighted by molar-refractivity contribution is 0.890. The Morgan fingerprint density at radius 3 is 2.43 bits per heavy atom. The molecule has 0 heterocycles. The summed E-state index contributed by atoms with van der Waals surface area (Å²) in [5.74, 6) is 0. The maximum absolute atomic E-state index is 4.20. The first-order chi connectivity index (χ1) is 11.0. The van der Waals surface area contributed by atoms with Crippen LogP contribution < -0.4 is 4.90 Å². The number of hydrogen-bond donors (Lipinski definition) is 0. The zero-order chi connectivity index (χ0) is 17.0. The van der Waals surface area contributed by atoms with Gasteiger partial charge in [0.1, 0.15) is 0 Å². The zero-order valence-electron chi connectivity index (χ0n) is 14.8. The van der Waals surface area contributed by atoms with Crippen LogP contribution in [0.4, 0.5) is 5.69 Å². The molecule has 1 nitrogen and oxygen atoms in total. The Kier molecular flexibility index (Phi) is 5.44. The molecule has 0 atom stereocenters. The second-order valence-electron chi connectivity index (χ2n) is 6.20. The Labute approximate surface area is 141 Å². The van der Waals surface area contributed by atoms with Crippen LogP contribution in [0, 0.1) is 13.8 Å². The van der Waals surface area contributed by atoms with Crippen molar-refractivity contribution in [2.75, 3.05) is 4.90 Å². The van der Waals surface area contributed by atoms with E-state index in [1.54, 1.807) is 0 Å². The molecule has 0 N–H and O–H groups in total. The third-order valence-corrected chi connectivity index (χ3v) is 4.29. The topological polar surface area (TPSA) is 3.24 Å². The number of allylic oxidation sites excluding steroid dienone is 1. The number of aryl methyl sites for hydroxylation is 3. The molecule has 0 amide bonds. The first-order valence-electron chi connectivity index (χ1n) is 8.20. The van der Waals surface area contributed by atoms with Crippen molar-refractivity contribution in [2.45, 2.75) is 40.7 Å². The predicted octanol–water partition coefficient (Wildman–Crippen LogP) is 6.05. The molecule has 0 aliphatic carbocycles. The first-order valence-corrected chi connectivity index (χ1v) is 8.20. The van der Waals surface area contributed by atoms with Crippen LogP contribution in [-0.2, 0) is 13.0 Å². The Morgan fingerprint density at radius 2 is 1.83 bits per heavy atom. The van der Waals surface area contributed by atoms with Crippen molar-refractivity contribution in [2.24, 2.45) is 0 Å². The summed E-state index contributed by atoms with van der Waals surface area (Å²) in [6.07, 6.45) is 2.94. The second kappa shape index (κ2) is 7.32. The molecule has 2 rings (SSSR count). The van der Waals surface area contributed by atoms with Gasteiger partial charge in [0.05, 0.1) is 0 Å². The van der Waals surface area contributed by atoms with Crippen molar-refractivity contribution in [3.8, 4) is 0 Å². The highest BCUT2D eigenvalue weighted by Gasteiger charge is 2.13. The lowest BCUT2D eigenvalue weighted by atomic mass is 10.0. The van der Waals surface area contributed by atoms with E-state index in [9.17, 15) is 0 Å². The van der Waals surface area contributed by atoms with Crippen LogP contribution in [0.25, 0.3) is 6.08 Å². The van der Waals surface area contributed by atoms with E-state index in [1.807, 2.05) is 6.08 Å². The van der Waals surface area contributed by atoms with E-state index >= 15 is 0 Å². The van der Waals surface area contributed by atoms with Crippen LogP contribution >= 0.6 is 0 Å². The van der Waals surface area contributed by atoms with Gasteiger partial charge < -0.3 is 4.90 Å². The lowest BCUT2D eigenvalue weighted by Gasteiger charge is -2.28. The largest absolute Gasteiger partial charge is 0.341 e. The molecule has 0 radical (unpaired) electrons. The molecule has 0 unspecified atom stereocenters. The van der Waals surface area contributed by atoms with Crippen LogP contribution in [-0.4, -0.2) is 0 Å². The molecule has 0 fully saturated rings. The van der Waals surface area contributed by atoms with Gasteiger partial charge in [0.25, 0.3) is 0 Å². The summed E-state index contributed by atoms with van der Waals surface area (Å²) in [5.41, 5.74) is 8.73. The molecule has 0 spiro atoms. The summed E-state index contributed by atoms with van der Waals surface area (Å²) in [5, 5.41) is 0. The number of anilines is 1. The average Bonchev–Trinajstić information content (AvgIpc) is 2.54. The third-order valence-electron chi connectivity index (χ3n) is 4.29. The van der Waals surface area contributed by atoms with Crippen LogP contribution in [0.5, 0.6) is 0 Å². The van der Waals surface area contributed by atoms with E-state index in [0.29, 0.717) is 0 Å². The fraction of sp³-hybridized carbons (Fsp3) is 0.273. The molecule has 23 heavy (non-hydrogen) atoms. The predicted molar refractivity (Wildman–Crippen MR) is 103 cm³/mol. The third kappa shape index (κ3) is 3.92. The molecule has 0 saturated heterocycles. The monoisotopic (exact) mass is 305 g/mol. The molecule has 0 aromatic heterocycles. The number of rotatable bonds is 6. The van der Waals surface area contributed by atoms with Gasteiger partial charge in [-0.3, -0.25) is 0 Å². The van der Waals surface area contributed by atoms with E-state index in [2.05, 4.69) is 82.2 Å². The highest BCUT2D eigenvalue weighted by Crippen LogP contribution is 2.28. The molecule has 2 aromatic carbocycles. The summed E-state index contributed by atoms with van der Waals surface area (Å²) >= 11 is 0. The molecule has 0 saturated carbocycles. The van der Waals surface area contributed by atoms with Crippen molar-refractivity contribution in [1.82, 2.24) is 0 Å². The van der Waals surface area contributed by atoms with E-state index in [-0.39, 0.29) is 0 Å². The Bertz CT molecular complexity index is 725. The standard InChI is InChI=1S/C22H27N/c1-7-19-11-12-20(8-2)21(14-19)15-23(16(3)4)22-13-17(5)9-10-18(22)6/h7,9-14H,1,3,8,15H2,2,4-6H3. The minimum atomic E-state index is 0.838. The Hall–Kier alpha value is -2.28. The molecule has 2 aromatic rings. The second-order valence-corrected chi connectivity index (χ2v) is 6.20. The van der Waals surface area contributed by atoms with Crippen LogP contribution in [0.2, 0.25) is 0 Å². The van der Waals surface area contributed by atoms with Gasteiger partial charge in [-0.25, -0.2) is 0 Å². The van der Waals surface area contributed by atoms with Crippen LogP contribution in [0.15, 0.2) is 55.3 Å². The normalized spacial score (nSPS) is 10.4. The van der Waals surface area contributed by atoms with Gasteiger partial charge in [-0.15, -0.1) is 0 Å². The van der Waals surface area contributed by atoms with Gasteiger partial charge in [0.15, 0.2) is 0 Å². The Balaban J connectivity index is 2.46. The van der Waals surface area contributed by atoms with Crippen LogP contribution in [0.1, 0.15) is 41.7 Å². The van der Waals surface area contributed by atoms with E-state index in [1.165, 1.54) is 33.5 Å². The maximum Gasteiger partial charge on any atom is 0.0481 e. The molecule has 1 heteroatoms. The number of benzene rings is 2. The zero-order valence-corrected chi connectivity index (χ0v) is 14.8. The number of nitrogens with zero attached hydrogens (tertiary/aromatic N) is 1. The summed E-state index contributed by atoms with van der Waals surface area (Å²) < 4.78 is 0. The van der Waals surface area contributed by atoms with Gasteiger partial charge in [-0.05, 0) is 67.1 Å². The van der Waals surface area contributed by atoms with Crippen molar-refractivity contribution < 1.29 is 0 Å². The smallest absolute Gasteiger partial charge is 0.0481 e. The van der Waals surface area contributed by atoms with E-state index in [4.69, 9.17) is 0 Å². The minimum Gasteiger partial charge on any atom is -0.341 e. The molecule has 120 valence electrons. The summed E-state index contributed by atoms with van der Waals surface area (Å²) in [6, 6.07) is 13.2. The summed E-state index contributed by atoms with van der Waals surface area (Å²) in [7, 11) is 0. The van der Waals surface area contributed by atoms with E-state index in [0.717, 1.165) is 18.7 Å². The van der Waals surface area contributed by atoms with Crippen molar-refractivity contribution >= 4 is 11.8 Å². The molecular weight excluding hydrogens is 278 g/mol. The van der Waals surface area contributed by atoms with Crippen molar-refractivity contribution in [1.29, 1.82) is 0 Å². The maximum atomic E-state index is 4.20. The highest BCUT2D eigenvalue weighted by atomic mass is 15.1. The van der Waals surface area contributed by atoms with Gasteiger partial charge in [0.2, 0.25) is 0 Å². The van der Waals surface area contributed by atoms with Gasteiger partial charge >= 0.3 is 0 Å². The fourth-order valence-electron chi connectivity index (χ4n) is 2.87. The summed E-state index contributed by atoms with van der Waals surface area (Å²) in [6.45, 7) is 17.5. The van der Waals surface area contributed by atoms with Gasteiger partial charge in [-0.2, -0.15) is 0 Å². The molecule has 0 bridgehead atoms. The highest BCUT2D eigenvalue weighted by molar-refractivity contribution is 5.59. The quantitative estimate of drug-likeness (QED) is 0.628. The Morgan fingerprint density at radius 1 is 1.09 bits per heavy atom. The lowest BCUT2D eigenvalue weighted by Crippen LogP contribution is -2.21. The number of hydrogen-bond acceptors (Lipinski definition) is 1. The van der Waals surface area contributed by atoms with Crippen LogP contribution in [0.3, 0.4) is 0 Å². The SMILES string of the molecule is C=Cc1ccc(CC)c(CN(C(=C)C)c2cc(C)ccc2C)c1. The van der Waals surface area contributed by atoms with E-state index < -0.39 is 0 Å². The molecule has 0 aliphatic rings. The average molecular weight is 305 g/mol. The molecule has 0 aliphatic heterocycles. The fourth-order valence-corrected chi connectivity index (χ4v) is 2.87. The summed E-state index contributed by atoms with van der Waals surface area (Å²) in [4.78, 5) is 2.31. The van der Waals surface area contributed by atoms with Crippen molar-refractivity contribution in [3.05, 3.63) is 83.1 Å². The van der Waals surface area contributed by atoms with Gasteiger partial charge in [0, 0.05) is 17.9 Å². The van der Waals surface area contributed by atoms with Crippen molar-refractivity contribution in [3.63, 3.8) is 0 Å². The molecular formula is C22H27N.